The van der Waals surface area contributed by atoms with Gasteiger partial charge in [-0.25, -0.2) is 4.57 Å². The summed E-state index contributed by atoms with van der Waals surface area (Å²) in [5, 5.41) is 0. The lowest BCUT2D eigenvalue weighted by Crippen LogP contribution is -1.92. The minimum atomic E-state index is -4.25. The standard InChI is InChI=1S/C13H29O4P.2C5H5N.2C4H8/c1-2-3-4-5-6-7-8-9-10-11-12-13-17-18(14,15)16;2*1-2-4-6-5-3-1;2*1-3-4-2/h2-13H2,1H3,(H2,14,15,16);2*1-5H;2*3H,1,4H2,2H3. The minimum Gasteiger partial charge on any atom is -0.303 e. The summed E-state index contributed by atoms with van der Waals surface area (Å²) in [6.45, 7) is 13.5. The van der Waals surface area contributed by atoms with E-state index in [1.54, 1.807) is 24.8 Å². The van der Waals surface area contributed by atoms with Gasteiger partial charge in [0.1, 0.15) is 0 Å². The van der Waals surface area contributed by atoms with Crippen LogP contribution in [0.15, 0.2) is 86.5 Å². The summed E-state index contributed by atoms with van der Waals surface area (Å²) in [6.07, 6.45) is 26.4. The van der Waals surface area contributed by atoms with Crippen molar-refractivity contribution >= 4 is 7.82 Å². The van der Waals surface area contributed by atoms with Gasteiger partial charge in [-0.05, 0) is 43.5 Å². The first-order chi connectivity index (χ1) is 18.4. The zero-order chi connectivity index (χ0) is 29.0. The summed E-state index contributed by atoms with van der Waals surface area (Å²) in [6, 6.07) is 11.4. The van der Waals surface area contributed by atoms with Crippen molar-refractivity contribution in [2.24, 2.45) is 0 Å². The fourth-order valence-electron chi connectivity index (χ4n) is 2.57. The molecule has 0 aliphatic carbocycles. The molecule has 2 rings (SSSR count). The topological polar surface area (TPSA) is 92.5 Å². The fraction of sp³-hybridized carbons (Fsp3) is 0.548. The van der Waals surface area contributed by atoms with Crippen molar-refractivity contribution in [2.45, 2.75) is 104 Å². The lowest BCUT2D eigenvalue weighted by atomic mass is 10.1. The maximum Gasteiger partial charge on any atom is 0.469 e. The number of hydrogen-bond acceptors (Lipinski definition) is 4. The third kappa shape index (κ3) is 50.7. The average molecular weight is 551 g/mol. The van der Waals surface area contributed by atoms with E-state index in [4.69, 9.17) is 9.79 Å². The summed E-state index contributed by atoms with van der Waals surface area (Å²) >= 11 is 0. The van der Waals surface area contributed by atoms with Crippen LogP contribution in [0.3, 0.4) is 0 Å². The minimum absolute atomic E-state index is 0.168. The molecule has 0 spiro atoms. The summed E-state index contributed by atoms with van der Waals surface area (Å²) in [5.74, 6) is 0. The Balaban J connectivity index is -0.000000491. The third-order valence-corrected chi connectivity index (χ3v) is 5.24. The van der Waals surface area contributed by atoms with Crippen LogP contribution in [0.5, 0.6) is 0 Å². The van der Waals surface area contributed by atoms with Gasteiger partial charge in [0.2, 0.25) is 0 Å². The molecule has 2 aromatic heterocycles. The molecule has 0 radical (unpaired) electrons. The average Bonchev–Trinajstić information content (AvgIpc) is 2.96. The second-order valence-corrected chi connectivity index (χ2v) is 9.54. The van der Waals surface area contributed by atoms with Crippen LogP contribution in [0.2, 0.25) is 0 Å². The number of allylic oxidation sites excluding steroid dienone is 2. The molecule has 0 aliphatic rings. The van der Waals surface area contributed by atoms with Crippen LogP contribution in [0, 0.1) is 0 Å². The second-order valence-electron chi connectivity index (χ2n) is 8.30. The van der Waals surface area contributed by atoms with E-state index >= 15 is 0 Å². The Morgan fingerprint density at radius 1 is 0.632 bits per heavy atom. The number of phosphoric acid groups is 1. The van der Waals surface area contributed by atoms with Gasteiger partial charge in [-0.2, -0.15) is 0 Å². The summed E-state index contributed by atoms with van der Waals surface area (Å²) in [5.41, 5.74) is 0. The second kappa shape index (κ2) is 37.0. The first-order valence-corrected chi connectivity index (χ1v) is 15.5. The number of hydrogen-bond donors (Lipinski definition) is 2. The summed E-state index contributed by atoms with van der Waals surface area (Å²) < 4.78 is 14.8. The van der Waals surface area contributed by atoms with Crippen molar-refractivity contribution in [3.8, 4) is 0 Å². The van der Waals surface area contributed by atoms with Gasteiger partial charge in [-0.1, -0.05) is 109 Å². The Morgan fingerprint density at radius 3 is 1.16 bits per heavy atom. The van der Waals surface area contributed by atoms with Gasteiger partial charge in [0.25, 0.3) is 0 Å². The van der Waals surface area contributed by atoms with Gasteiger partial charge < -0.3 is 9.79 Å². The number of phosphoric ester groups is 1. The van der Waals surface area contributed by atoms with E-state index < -0.39 is 7.82 Å². The number of unbranched alkanes of at least 4 members (excludes halogenated alkanes) is 10. The van der Waals surface area contributed by atoms with Crippen molar-refractivity contribution in [1.82, 2.24) is 9.97 Å². The molecule has 2 aromatic rings. The van der Waals surface area contributed by atoms with Crippen molar-refractivity contribution in [2.75, 3.05) is 6.61 Å². The SMILES string of the molecule is C=CCC.C=CCC.CCCCCCCCCCCCCOP(=O)(O)O.c1ccncc1.c1ccncc1. The zero-order valence-electron chi connectivity index (χ0n) is 24.3. The highest BCUT2D eigenvalue weighted by atomic mass is 31.2. The maximum absolute atomic E-state index is 10.4. The van der Waals surface area contributed by atoms with Crippen molar-refractivity contribution < 1.29 is 18.9 Å². The van der Waals surface area contributed by atoms with Crippen LogP contribution in [0.4, 0.5) is 0 Å². The number of aromatic nitrogens is 2. The molecule has 0 bridgehead atoms. The van der Waals surface area contributed by atoms with Crippen molar-refractivity contribution in [3.05, 3.63) is 86.5 Å². The van der Waals surface area contributed by atoms with Crippen LogP contribution >= 0.6 is 7.82 Å². The van der Waals surface area contributed by atoms with E-state index in [0.717, 1.165) is 32.1 Å². The van der Waals surface area contributed by atoms with Gasteiger partial charge >= 0.3 is 7.82 Å². The monoisotopic (exact) mass is 550 g/mol. The Labute approximate surface area is 233 Å². The predicted octanol–water partition coefficient (Wildman–Crippen LogP) is 9.73. The Kier molecular flexibility index (Phi) is 39.4. The van der Waals surface area contributed by atoms with Crippen LogP contribution in [-0.4, -0.2) is 26.4 Å². The molecule has 2 heterocycles. The number of rotatable bonds is 15. The quantitative estimate of drug-likeness (QED) is 0.130. The number of pyridine rings is 2. The Morgan fingerprint density at radius 2 is 0.947 bits per heavy atom. The zero-order valence-corrected chi connectivity index (χ0v) is 25.2. The van der Waals surface area contributed by atoms with Gasteiger partial charge in [-0.15, -0.1) is 13.2 Å². The first-order valence-electron chi connectivity index (χ1n) is 14.0. The van der Waals surface area contributed by atoms with E-state index in [0.29, 0.717) is 0 Å². The Bertz CT molecular complexity index is 619. The molecular weight excluding hydrogens is 495 g/mol. The van der Waals surface area contributed by atoms with Crippen LogP contribution in [0.1, 0.15) is 104 Å². The highest BCUT2D eigenvalue weighted by Crippen LogP contribution is 2.35. The molecule has 0 saturated heterocycles. The molecule has 0 saturated carbocycles. The molecule has 0 fully saturated rings. The first kappa shape index (κ1) is 40.4. The van der Waals surface area contributed by atoms with Gasteiger partial charge in [0, 0.05) is 24.8 Å². The molecular formula is C31H55N2O4P. The van der Waals surface area contributed by atoms with Crippen molar-refractivity contribution in [1.29, 1.82) is 0 Å². The largest absolute Gasteiger partial charge is 0.469 e. The molecule has 0 atom stereocenters. The molecule has 0 unspecified atom stereocenters. The smallest absolute Gasteiger partial charge is 0.303 e. The maximum atomic E-state index is 10.4. The summed E-state index contributed by atoms with van der Waals surface area (Å²) in [4.78, 5) is 24.5. The van der Waals surface area contributed by atoms with Crippen LogP contribution in [-0.2, 0) is 9.09 Å². The van der Waals surface area contributed by atoms with Crippen molar-refractivity contribution in [3.63, 3.8) is 0 Å². The van der Waals surface area contributed by atoms with E-state index in [2.05, 4.69) is 48.4 Å². The van der Waals surface area contributed by atoms with Crippen LogP contribution in [0.25, 0.3) is 0 Å². The molecule has 7 heteroatoms. The molecule has 38 heavy (non-hydrogen) atoms. The highest BCUT2D eigenvalue weighted by Gasteiger charge is 2.12. The lowest BCUT2D eigenvalue weighted by molar-refractivity contribution is 0.193. The fourth-order valence-corrected chi connectivity index (χ4v) is 2.94. The summed E-state index contributed by atoms with van der Waals surface area (Å²) in [7, 11) is -4.25. The Hall–Kier alpha value is -2.11. The normalized spacial score (nSPS) is 9.50. The molecule has 0 amide bonds. The van der Waals surface area contributed by atoms with Gasteiger partial charge in [0.15, 0.2) is 0 Å². The molecule has 218 valence electrons. The third-order valence-electron chi connectivity index (χ3n) is 4.72. The van der Waals surface area contributed by atoms with E-state index in [-0.39, 0.29) is 6.61 Å². The molecule has 0 aliphatic heterocycles. The van der Waals surface area contributed by atoms with E-state index in [1.807, 2.05) is 48.6 Å². The molecule has 6 nitrogen and oxygen atoms in total. The van der Waals surface area contributed by atoms with E-state index in [9.17, 15) is 4.57 Å². The van der Waals surface area contributed by atoms with Gasteiger partial charge in [0.05, 0.1) is 6.61 Å². The highest BCUT2D eigenvalue weighted by molar-refractivity contribution is 7.46. The van der Waals surface area contributed by atoms with Gasteiger partial charge in [-0.3, -0.25) is 14.5 Å². The lowest BCUT2D eigenvalue weighted by Gasteiger charge is -2.05. The number of nitrogens with zero attached hydrogens (tertiary/aromatic N) is 2. The van der Waals surface area contributed by atoms with E-state index in [1.165, 1.54) is 51.4 Å². The molecule has 0 aromatic carbocycles. The predicted molar refractivity (Wildman–Crippen MR) is 164 cm³/mol. The van der Waals surface area contributed by atoms with Crippen LogP contribution < -0.4 is 0 Å². The molecule has 2 N–H and O–H groups in total.